The summed E-state index contributed by atoms with van der Waals surface area (Å²) in [5.74, 6) is 0.0105. The van der Waals surface area contributed by atoms with Crippen LogP contribution in [0, 0.1) is 0 Å². The summed E-state index contributed by atoms with van der Waals surface area (Å²) in [4.78, 5) is 3.85. The highest BCUT2D eigenvalue weighted by atomic mass is 19.3. The first-order chi connectivity index (χ1) is 8.66. The van der Waals surface area contributed by atoms with Gasteiger partial charge in [-0.2, -0.15) is 0 Å². The first kappa shape index (κ1) is 14.2. The molecular formula is C12H17BF2N2O2. The number of anilines is 1. The molecule has 19 heavy (non-hydrogen) atoms. The molecule has 2 N–H and O–H groups in total. The number of nitrogen functional groups attached to an aromatic ring is 1. The number of aromatic nitrogens is 1. The van der Waals surface area contributed by atoms with Crippen molar-refractivity contribution in [3.8, 4) is 0 Å². The quantitative estimate of drug-likeness (QED) is 0.834. The van der Waals surface area contributed by atoms with Crippen molar-refractivity contribution < 1.29 is 18.1 Å². The number of nitrogens with zero attached hydrogens (tertiary/aromatic N) is 1. The average molecular weight is 270 g/mol. The van der Waals surface area contributed by atoms with E-state index in [0.717, 1.165) is 0 Å². The number of alkyl halides is 2. The number of hydrogen-bond donors (Lipinski definition) is 1. The molecule has 1 fully saturated rings. The third-order valence-corrected chi connectivity index (χ3v) is 3.78. The second kappa shape index (κ2) is 4.42. The molecule has 1 aromatic rings. The molecule has 1 aromatic heterocycles. The summed E-state index contributed by atoms with van der Waals surface area (Å²) in [6.45, 7) is 7.40. The van der Waals surface area contributed by atoms with Gasteiger partial charge in [0.05, 0.1) is 11.2 Å². The minimum absolute atomic E-state index is 0.0105. The number of nitrogens with two attached hydrogens (primary N) is 1. The van der Waals surface area contributed by atoms with Crippen LogP contribution in [0.3, 0.4) is 0 Å². The summed E-state index contributed by atoms with van der Waals surface area (Å²) >= 11 is 0. The van der Waals surface area contributed by atoms with Crippen LogP contribution in [0.5, 0.6) is 0 Å². The Bertz CT molecular complexity index is 479. The Morgan fingerprint density at radius 2 is 1.74 bits per heavy atom. The van der Waals surface area contributed by atoms with E-state index in [9.17, 15) is 8.78 Å². The van der Waals surface area contributed by atoms with Gasteiger partial charge >= 0.3 is 7.12 Å². The topological polar surface area (TPSA) is 57.4 Å². The smallest absolute Gasteiger partial charge is 0.399 e. The van der Waals surface area contributed by atoms with E-state index in [1.807, 2.05) is 27.7 Å². The van der Waals surface area contributed by atoms with Crippen LogP contribution in [0.25, 0.3) is 0 Å². The Labute approximate surface area is 111 Å². The second-order valence-electron chi connectivity index (χ2n) is 5.59. The lowest BCUT2D eigenvalue weighted by Gasteiger charge is -2.32. The van der Waals surface area contributed by atoms with Crippen molar-refractivity contribution in [1.29, 1.82) is 0 Å². The predicted octanol–water partition coefficient (Wildman–Crippen LogP) is 1.90. The van der Waals surface area contributed by atoms with Crippen LogP contribution in [0.2, 0.25) is 0 Å². The summed E-state index contributed by atoms with van der Waals surface area (Å²) in [6, 6.07) is 1.24. The molecule has 0 aliphatic carbocycles. The minimum atomic E-state index is -2.65. The lowest BCUT2D eigenvalue weighted by molar-refractivity contribution is 0.00578. The number of rotatable bonds is 2. The van der Waals surface area contributed by atoms with E-state index in [0.29, 0.717) is 0 Å². The van der Waals surface area contributed by atoms with Gasteiger partial charge in [-0.25, -0.2) is 13.8 Å². The lowest BCUT2D eigenvalue weighted by atomic mass is 9.76. The largest absolute Gasteiger partial charge is 0.499 e. The molecule has 2 heterocycles. The SMILES string of the molecule is CC1(C)OB(c2c(C(F)F)ccnc2N)OC1(C)C. The summed E-state index contributed by atoms with van der Waals surface area (Å²) in [7, 11) is -0.928. The molecule has 0 atom stereocenters. The van der Waals surface area contributed by atoms with Gasteiger partial charge in [-0.15, -0.1) is 0 Å². The Hall–Kier alpha value is -1.21. The van der Waals surface area contributed by atoms with Crippen molar-refractivity contribution in [3.63, 3.8) is 0 Å². The van der Waals surface area contributed by atoms with Crippen molar-refractivity contribution in [2.45, 2.75) is 45.3 Å². The van der Waals surface area contributed by atoms with Gasteiger partial charge in [0.15, 0.2) is 0 Å². The van der Waals surface area contributed by atoms with Crippen LogP contribution < -0.4 is 11.2 Å². The van der Waals surface area contributed by atoms with Crippen LogP contribution in [0.15, 0.2) is 12.3 Å². The fourth-order valence-electron chi connectivity index (χ4n) is 1.91. The second-order valence-corrected chi connectivity index (χ2v) is 5.59. The highest BCUT2D eigenvalue weighted by molar-refractivity contribution is 6.64. The molecule has 0 amide bonds. The third kappa shape index (κ3) is 2.32. The fourth-order valence-corrected chi connectivity index (χ4v) is 1.91. The highest BCUT2D eigenvalue weighted by Gasteiger charge is 2.53. The molecule has 2 rings (SSSR count). The van der Waals surface area contributed by atoms with Gasteiger partial charge in [-0.3, -0.25) is 0 Å². The monoisotopic (exact) mass is 270 g/mol. The first-order valence-corrected chi connectivity index (χ1v) is 6.04. The molecule has 0 saturated carbocycles. The molecule has 104 valence electrons. The number of halogens is 2. The maximum atomic E-state index is 13.1. The van der Waals surface area contributed by atoms with Crippen LogP contribution >= 0.6 is 0 Å². The lowest BCUT2D eigenvalue weighted by Crippen LogP contribution is -2.41. The van der Waals surface area contributed by atoms with E-state index in [1.165, 1.54) is 12.3 Å². The van der Waals surface area contributed by atoms with Crippen molar-refractivity contribution in [1.82, 2.24) is 4.98 Å². The van der Waals surface area contributed by atoms with Crippen molar-refractivity contribution >= 4 is 18.4 Å². The normalized spacial score (nSPS) is 21.1. The number of hydrogen-bond acceptors (Lipinski definition) is 4. The third-order valence-electron chi connectivity index (χ3n) is 3.78. The predicted molar refractivity (Wildman–Crippen MR) is 69.3 cm³/mol. The highest BCUT2D eigenvalue weighted by Crippen LogP contribution is 2.37. The maximum absolute atomic E-state index is 13.1. The molecule has 4 nitrogen and oxygen atoms in total. The Morgan fingerprint density at radius 3 is 2.21 bits per heavy atom. The molecule has 0 unspecified atom stereocenters. The molecule has 0 radical (unpaired) electrons. The van der Waals surface area contributed by atoms with Crippen molar-refractivity contribution in [3.05, 3.63) is 17.8 Å². The summed E-state index contributed by atoms with van der Waals surface area (Å²) in [5.41, 5.74) is 4.41. The van der Waals surface area contributed by atoms with Gasteiger partial charge < -0.3 is 15.0 Å². The van der Waals surface area contributed by atoms with E-state index in [1.54, 1.807) is 0 Å². The maximum Gasteiger partial charge on any atom is 0.499 e. The van der Waals surface area contributed by atoms with Crippen molar-refractivity contribution in [2.24, 2.45) is 0 Å². The zero-order valence-corrected chi connectivity index (χ0v) is 11.4. The minimum Gasteiger partial charge on any atom is -0.399 e. The van der Waals surface area contributed by atoms with Crippen LogP contribution in [0.1, 0.15) is 39.7 Å². The molecule has 0 spiro atoms. The fraction of sp³-hybridized carbons (Fsp3) is 0.583. The molecule has 0 aromatic carbocycles. The Kier molecular flexibility index (Phi) is 3.30. The van der Waals surface area contributed by atoms with E-state index < -0.39 is 24.7 Å². The summed E-state index contributed by atoms with van der Waals surface area (Å²) < 4.78 is 37.6. The molecule has 1 aliphatic rings. The Balaban J connectivity index is 2.45. The van der Waals surface area contributed by atoms with Crippen LogP contribution in [0.4, 0.5) is 14.6 Å². The molecule has 1 saturated heterocycles. The van der Waals surface area contributed by atoms with Gasteiger partial charge in [0.2, 0.25) is 0 Å². The van der Waals surface area contributed by atoms with E-state index in [-0.39, 0.29) is 16.8 Å². The van der Waals surface area contributed by atoms with Crippen molar-refractivity contribution in [2.75, 3.05) is 5.73 Å². The van der Waals surface area contributed by atoms with E-state index in [4.69, 9.17) is 15.0 Å². The molecule has 0 bridgehead atoms. The summed E-state index contributed by atoms with van der Waals surface area (Å²) in [5, 5.41) is 0. The standard InChI is InChI=1S/C12H17BF2N2O2/c1-11(2)12(3,4)19-13(18-11)8-7(9(14)15)5-6-17-10(8)16/h5-6,9H,1-4H3,(H2,16,17). The Morgan fingerprint density at radius 1 is 1.21 bits per heavy atom. The van der Waals surface area contributed by atoms with Gasteiger partial charge in [0, 0.05) is 17.2 Å². The molecular weight excluding hydrogens is 253 g/mol. The van der Waals surface area contributed by atoms with E-state index in [2.05, 4.69) is 4.98 Å². The van der Waals surface area contributed by atoms with Crippen LogP contribution in [-0.4, -0.2) is 23.3 Å². The molecule has 1 aliphatic heterocycles. The van der Waals surface area contributed by atoms with Gasteiger partial charge in [0.1, 0.15) is 5.82 Å². The van der Waals surface area contributed by atoms with Gasteiger partial charge in [-0.05, 0) is 33.8 Å². The number of pyridine rings is 1. The summed E-state index contributed by atoms with van der Waals surface area (Å²) in [6.07, 6.45) is -1.40. The van der Waals surface area contributed by atoms with Gasteiger partial charge in [-0.1, -0.05) is 0 Å². The average Bonchev–Trinajstić information content (AvgIpc) is 2.47. The van der Waals surface area contributed by atoms with Gasteiger partial charge in [0.25, 0.3) is 6.43 Å². The molecule has 7 heteroatoms. The first-order valence-electron chi connectivity index (χ1n) is 6.04. The van der Waals surface area contributed by atoms with Crippen LogP contribution in [-0.2, 0) is 9.31 Å². The zero-order valence-electron chi connectivity index (χ0n) is 11.4. The van der Waals surface area contributed by atoms with E-state index >= 15 is 0 Å². The zero-order chi connectivity index (χ0) is 14.4.